The molecule has 0 saturated heterocycles. The second kappa shape index (κ2) is 12.4. The third kappa shape index (κ3) is 9.26. The molecule has 1 atom stereocenters. The van der Waals surface area contributed by atoms with Crippen molar-refractivity contribution in [3.05, 3.63) is 35.9 Å². The second-order valence-electron chi connectivity index (χ2n) is 7.43. The summed E-state index contributed by atoms with van der Waals surface area (Å²) in [5.74, 6) is 0.865. The van der Waals surface area contributed by atoms with E-state index in [9.17, 15) is 14.4 Å². The van der Waals surface area contributed by atoms with Gasteiger partial charge in [-0.25, -0.2) is 4.79 Å². The van der Waals surface area contributed by atoms with Crippen molar-refractivity contribution in [3.8, 4) is 0 Å². The van der Waals surface area contributed by atoms with Crippen molar-refractivity contribution in [2.45, 2.75) is 39.7 Å². The molecule has 0 radical (unpaired) electrons. The number of nitrogens with one attached hydrogen (secondary N) is 1. The molecule has 1 rings (SSSR count). The lowest BCUT2D eigenvalue weighted by Gasteiger charge is -2.28. The first-order valence-electron chi connectivity index (χ1n) is 9.64. The van der Waals surface area contributed by atoms with E-state index in [4.69, 9.17) is 0 Å². The Bertz CT molecular complexity index is 635. The molecule has 28 heavy (non-hydrogen) atoms. The van der Waals surface area contributed by atoms with Crippen LogP contribution < -0.4 is 5.32 Å². The predicted octanol–water partition coefficient (Wildman–Crippen LogP) is 3.02. The minimum atomic E-state index is -0.632. The molecule has 1 N–H and O–H groups in total. The zero-order valence-electron chi connectivity index (χ0n) is 17.6. The van der Waals surface area contributed by atoms with Gasteiger partial charge in [0.1, 0.15) is 6.04 Å². The molecular weight excluding hydrogens is 374 g/mol. The smallest absolute Gasteiger partial charge is 0.318 e. The molecule has 0 saturated carbocycles. The van der Waals surface area contributed by atoms with E-state index in [1.54, 1.807) is 19.0 Å². The molecule has 0 aromatic heterocycles. The van der Waals surface area contributed by atoms with Crippen molar-refractivity contribution in [1.82, 2.24) is 15.1 Å². The van der Waals surface area contributed by atoms with Crippen molar-refractivity contribution < 1.29 is 14.4 Å². The van der Waals surface area contributed by atoms with E-state index in [2.05, 4.69) is 19.2 Å². The van der Waals surface area contributed by atoms with E-state index in [1.807, 2.05) is 30.3 Å². The Morgan fingerprint density at radius 1 is 1.07 bits per heavy atom. The Hall–Kier alpha value is -2.02. The molecule has 0 unspecified atom stereocenters. The highest BCUT2D eigenvalue weighted by Crippen LogP contribution is 2.09. The lowest BCUT2D eigenvalue weighted by Crippen LogP contribution is -2.52. The maximum Gasteiger partial charge on any atom is 0.318 e. The Morgan fingerprint density at radius 2 is 1.71 bits per heavy atom. The predicted molar refractivity (Wildman–Crippen MR) is 115 cm³/mol. The van der Waals surface area contributed by atoms with E-state index < -0.39 is 6.04 Å². The van der Waals surface area contributed by atoms with E-state index >= 15 is 0 Å². The third-order valence-electron chi connectivity index (χ3n) is 4.25. The second-order valence-corrected chi connectivity index (χ2v) is 8.71. The third-order valence-corrected chi connectivity index (χ3v) is 5.04. The first-order valence-corrected chi connectivity index (χ1v) is 10.6. The Labute approximate surface area is 173 Å². The van der Waals surface area contributed by atoms with Crippen LogP contribution in [0.2, 0.25) is 0 Å². The van der Waals surface area contributed by atoms with Crippen LogP contribution in [0.4, 0.5) is 4.79 Å². The number of hydrogen-bond acceptors (Lipinski definition) is 4. The van der Waals surface area contributed by atoms with E-state index in [0.29, 0.717) is 31.2 Å². The van der Waals surface area contributed by atoms with Crippen molar-refractivity contribution in [3.63, 3.8) is 0 Å². The number of hydrogen-bond donors (Lipinski definition) is 1. The molecule has 0 heterocycles. The van der Waals surface area contributed by atoms with Gasteiger partial charge in [0.25, 0.3) is 0 Å². The maximum absolute atomic E-state index is 12.9. The molecule has 0 bridgehead atoms. The van der Waals surface area contributed by atoms with Gasteiger partial charge in [0.2, 0.25) is 5.91 Å². The fourth-order valence-corrected chi connectivity index (χ4v) is 3.23. The van der Waals surface area contributed by atoms with Gasteiger partial charge >= 0.3 is 6.03 Å². The standard InChI is InChI=1S/C21H33N3O3S/c1-16(2)11-12-24(13-14-28-17(3)25)21(27)22-19(20(26)23(4)5)15-18-9-7-6-8-10-18/h6-10,16,19H,11-15H2,1-5H3,(H,22,27)/t19-/m0/s1. The number of amides is 3. The first-order chi connectivity index (χ1) is 13.2. The Morgan fingerprint density at radius 3 is 2.25 bits per heavy atom. The minimum Gasteiger partial charge on any atom is -0.347 e. The summed E-state index contributed by atoms with van der Waals surface area (Å²) in [6, 6.07) is 8.76. The topological polar surface area (TPSA) is 69.7 Å². The molecule has 0 aliphatic carbocycles. The van der Waals surface area contributed by atoms with Crippen LogP contribution in [0.3, 0.4) is 0 Å². The number of benzene rings is 1. The van der Waals surface area contributed by atoms with E-state index in [1.165, 1.54) is 23.6 Å². The molecule has 3 amide bonds. The summed E-state index contributed by atoms with van der Waals surface area (Å²) in [7, 11) is 3.37. The summed E-state index contributed by atoms with van der Waals surface area (Å²) in [6.45, 7) is 6.80. The normalized spacial score (nSPS) is 11.8. The van der Waals surface area contributed by atoms with Crippen molar-refractivity contribution in [2.24, 2.45) is 5.92 Å². The average Bonchev–Trinajstić information content (AvgIpc) is 2.63. The van der Waals surface area contributed by atoms with Crippen LogP contribution in [0.25, 0.3) is 0 Å². The summed E-state index contributed by atoms with van der Waals surface area (Å²) >= 11 is 1.21. The number of nitrogens with zero attached hydrogens (tertiary/aromatic N) is 2. The highest BCUT2D eigenvalue weighted by Gasteiger charge is 2.25. The summed E-state index contributed by atoms with van der Waals surface area (Å²) in [6.07, 6.45) is 1.30. The van der Waals surface area contributed by atoms with Crippen LogP contribution >= 0.6 is 11.8 Å². The quantitative estimate of drug-likeness (QED) is 0.647. The van der Waals surface area contributed by atoms with Crippen molar-refractivity contribution in [2.75, 3.05) is 32.9 Å². The van der Waals surface area contributed by atoms with Gasteiger partial charge in [-0.15, -0.1) is 0 Å². The molecule has 0 aliphatic rings. The van der Waals surface area contributed by atoms with Gasteiger partial charge in [0.05, 0.1) is 0 Å². The molecule has 156 valence electrons. The van der Waals surface area contributed by atoms with Crippen molar-refractivity contribution in [1.29, 1.82) is 0 Å². The van der Waals surface area contributed by atoms with E-state index in [0.717, 1.165) is 12.0 Å². The molecule has 0 spiro atoms. The molecule has 1 aromatic carbocycles. The number of carbonyl (C=O) groups is 3. The van der Waals surface area contributed by atoms with Gasteiger partial charge in [-0.3, -0.25) is 9.59 Å². The number of carbonyl (C=O) groups excluding carboxylic acids is 3. The van der Waals surface area contributed by atoms with Crippen LogP contribution in [0.15, 0.2) is 30.3 Å². The van der Waals surface area contributed by atoms with Gasteiger partial charge in [-0.2, -0.15) is 0 Å². The van der Waals surface area contributed by atoms with Crippen molar-refractivity contribution >= 4 is 28.8 Å². The van der Waals surface area contributed by atoms with Crippen LogP contribution in [0.1, 0.15) is 32.8 Å². The molecule has 1 aromatic rings. The van der Waals surface area contributed by atoms with Crippen LogP contribution in [0.5, 0.6) is 0 Å². The van der Waals surface area contributed by atoms with Gasteiger partial charge in [0, 0.05) is 46.3 Å². The highest BCUT2D eigenvalue weighted by atomic mass is 32.2. The van der Waals surface area contributed by atoms with Gasteiger partial charge in [-0.05, 0) is 17.9 Å². The Balaban J connectivity index is 2.85. The zero-order chi connectivity index (χ0) is 21.1. The SMILES string of the molecule is CC(=O)SCCN(CCC(C)C)C(=O)N[C@@H](Cc1ccccc1)C(=O)N(C)C. The fraction of sp³-hybridized carbons (Fsp3) is 0.571. The molecule has 6 nitrogen and oxygen atoms in total. The minimum absolute atomic E-state index is 0.0361. The van der Waals surface area contributed by atoms with Crippen LogP contribution in [0, 0.1) is 5.92 Å². The van der Waals surface area contributed by atoms with E-state index in [-0.39, 0.29) is 17.1 Å². The summed E-state index contributed by atoms with van der Waals surface area (Å²) in [5.41, 5.74) is 0.990. The van der Waals surface area contributed by atoms with Gasteiger partial charge in [-0.1, -0.05) is 55.9 Å². The monoisotopic (exact) mass is 407 g/mol. The average molecular weight is 408 g/mol. The van der Waals surface area contributed by atoms with Crippen LogP contribution in [-0.4, -0.2) is 65.8 Å². The lowest BCUT2D eigenvalue weighted by atomic mass is 10.1. The highest BCUT2D eigenvalue weighted by molar-refractivity contribution is 8.13. The number of likely N-dealkylation sites (N-methyl/N-ethyl adjacent to an activating group) is 1. The fourth-order valence-electron chi connectivity index (χ4n) is 2.63. The summed E-state index contributed by atoms with van der Waals surface area (Å²) in [4.78, 5) is 39.9. The summed E-state index contributed by atoms with van der Waals surface area (Å²) in [5, 5.41) is 2.95. The number of rotatable bonds is 10. The van der Waals surface area contributed by atoms with Gasteiger partial charge in [0.15, 0.2) is 5.12 Å². The lowest BCUT2D eigenvalue weighted by molar-refractivity contribution is -0.130. The molecule has 0 fully saturated rings. The number of thioether (sulfide) groups is 1. The first kappa shape index (κ1) is 24.0. The maximum atomic E-state index is 12.9. The molecule has 7 heteroatoms. The largest absolute Gasteiger partial charge is 0.347 e. The summed E-state index contributed by atoms with van der Waals surface area (Å²) < 4.78 is 0. The zero-order valence-corrected chi connectivity index (χ0v) is 18.4. The van der Waals surface area contributed by atoms with Crippen LogP contribution in [-0.2, 0) is 16.0 Å². The van der Waals surface area contributed by atoms with Gasteiger partial charge < -0.3 is 15.1 Å². The molecular formula is C21H33N3O3S. The Kier molecular flexibility index (Phi) is 10.7. The number of urea groups is 1. The molecule has 0 aliphatic heterocycles.